The minimum atomic E-state index is -3.62. The maximum absolute atomic E-state index is 13.2. The van der Waals surface area contributed by atoms with Crippen molar-refractivity contribution in [2.24, 2.45) is 5.92 Å². The van der Waals surface area contributed by atoms with Crippen LogP contribution in [0.25, 0.3) is 10.8 Å². The molecule has 2 aliphatic rings. The molecule has 3 heterocycles. The number of aromatic nitrogens is 1. The molecule has 0 unspecified atom stereocenters. The SMILES string of the molecule is Cl.O=C(C1CNC1)N1CCCN(S(=O)(=O)c2cccc3cnccc23)CC1. The number of rotatable bonds is 3. The van der Waals surface area contributed by atoms with Gasteiger partial charge in [-0.3, -0.25) is 9.78 Å². The van der Waals surface area contributed by atoms with Crippen molar-refractivity contribution in [2.75, 3.05) is 39.3 Å². The minimum absolute atomic E-state index is 0. The topological polar surface area (TPSA) is 82.6 Å². The number of benzene rings is 1. The fourth-order valence-corrected chi connectivity index (χ4v) is 5.22. The van der Waals surface area contributed by atoms with Crippen molar-refractivity contribution in [3.63, 3.8) is 0 Å². The van der Waals surface area contributed by atoms with Crippen LogP contribution in [0.1, 0.15) is 6.42 Å². The Morgan fingerprint density at radius 2 is 1.93 bits per heavy atom. The molecule has 0 atom stereocenters. The van der Waals surface area contributed by atoms with E-state index in [0.717, 1.165) is 18.5 Å². The van der Waals surface area contributed by atoms with Gasteiger partial charge in [0.25, 0.3) is 0 Å². The lowest BCUT2D eigenvalue weighted by Gasteiger charge is -2.31. The zero-order chi connectivity index (χ0) is 18.1. The van der Waals surface area contributed by atoms with Gasteiger partial charge in [0, 0.05) is 62.4 Å². The summed E-state index contributed by atoms with van der Waals surface area (Å²) in [5.41, 5.74) is 0. The Balaban J connectivity index is 0.00000210. The van der Waals surface area contributed by atoms with Crippen molar-refractivity contribution >= 4 is 39.1 Å². The molecule has 7 nitrogen and oxygen atoms in total. The second-order valence-electron chi connectivity index (χ2n) is 6.79. The standard InChI is InChI=1S/C18H22N4O3S.ClH/c23-18(15-12-20-13-15)21-7-2-8-22(10-9-21)26(24,25)17-4-1-3-14-11-19-6-5-16(14)17;/h1,3-6,11,15,20H,2,7-10,12-13H2;1H. The van der Waals surface area contributed by atoms with Gasteiger partial charge in [-0.05, 0) is 18.6 Å². The third kappa shape index (κ3) is 3.80. The largest absolute Gasteiger partial charge is 0.341 e. The molecule has 2 saturated heterocycles. The Morgan fingerprint density at radius 1 is 1.11 bits per heavy atom. The zero-order valence-electron chi connectivity index (χ0n) is 14.9. The number of nitrogens with zero attached hydrogens (tertiary/aromatic N) is 3. The molecule has 1 amide bonds. The van der Waals surface area contributed by atoms with Crippen LogP contribution in [0.4, 0.5) is 0 Å². The first-order valence-corrected chi connectivity index (χ1v) is 10.3. The van der Waals surface area contributed by atoms with Gasteiger partial charge in [-0.25, -0.2) is 8.42 Å². The highest BCUT2D eigenvalue weighted by molar-refractivity contribution is 7.89. The first-order valence-electron chi connectivity index (χ1n) is 8.90. The van der Waals surface area contributed by atoms with E-state index in [0.29, 0.717) is 42.9 Å². The predicted octanol–water partition coefficient (Wildman–Crippen LogP) is 1.10. The Hall–Kier alpha value is -1.74. The number of hydrogen-bond donors (Lipinski definition) is 1. The maximum atomic E-state index is 13.2. The van der Waals surface area contributed by atoms with Crippen LogP contribution in [-0.4, -0.2) is 67.8 Å². The van der Waals surface area contributed by atoms with E-state index >= 15 is 0 Å². The summed E-state index contributed by atoms with van der Waals surface area (Å²) in [6.45, 7) is 3.26. The monoisotopic (exact) mass is 410 g/mol. The number of amides is 1. The fraction of sp³-hybridized carbons (Fsp3) is 0.444. The molecule has 2 fully saturated rings. The van der Waals surface area contributed by atoms with Crippen LogP contribution >= 0.6 is 12.4 Å². The Kier molecular flexibility index (Phi) is 6.00. The van der Waals surface area contributed by atoms with E-state index in [2.05, 4.69) is 10.3 Å². The molecule has 9 heteroatoms. The van der Waals surface area contributed by atoms with Crippen molar-refractivity contribution in [1.29, 1.82) is 0 Å². The van der Waals surface area contributed by atoms with Gasteiger partial charge in [0.2, 0.25) is 15.9 Å². The molecule has 0 saturated carbocycles. The van der Waals surface area contributed by atoms with Crippen LogP contribution < -0.4 is 5.32 Å². The van der Waals surface area contributed by atoms with Crippen molar-refractivity contribution in [3.8, 4) is 0 Å². The second kappa shape index (κ2) is 8.10. The summed E-state index contributed by atoms with van der Waals surface area (Å²) in [5, 5.41) is 4.59. The number of nitrogens with one attached hydrogen (secondary N) is 1. The summed E-state index contributed by atoms with van der Waals surface area (Å²) in [7, 11) is -3.62. The van der Waals surface area contributed by atoms with E-state index in [4.69, 9.17) is 0 Å². The van der Waals surface area contributed by atoms with Gasteiger partial charge in [0.05, 0.1) is 10.8 Å². The molecule has 1 aromatic carbocycles. The molecule has 2 aliphatic heterocycles. The Bertz CT molecular complexity index is 928. The number of hydrogen-bond acceptors (Lipinski definition) is 5. The third-order valence-corrected chi connectivity index (χ3v) is 7.11. The van der Waals surface area contributed by atoms with Crippen LogP contribution in [0, 0.1) is 5.92 Å². The predicted molar refractivity (Wildman–Crippen MR) is 105 cm³/mol. The average molecular weight is 411 g/mol. The van der Waals surface area contributed by atoms with E-state index in [1.807, 2.05) is 11.0 Å². The van der Waals surface area contributed by atoms with Crippen LogP contribution in [0.3, 0.4) is 0 Å². The van der Waals surface area contributed by atoms with E-state index < -0.39 is 10.0 Å². The summed E-state index contributed by atoms with van der Waals surface area (Å²) in [6.07, 6.45) is 3.93. The molecular formula is C18H23ClN4O3S. The highest BCUT2D eigenvalue weighted by Gasteiger charge is 2.33. The number of sulfonamides is 1. The van der Waals surface area contributed by atoms with Crippen LogP contribution in [0.15, 0.2) is 41.6 Å². The summed E-state index contributed by atoms with van der Waals surface area (Å²) in [5.74, 6) is 0.183. The molecule has 1 N–H and O–H groups in total. The molecule has 0 spiro atoms. The summed E-state index contributed by atoms with van der Waals surface area (Å²) in [6, 6.07) is 6.98. The van der Waals surface area contributed by atoms with Gasteiger partial charge in [0.15, 0.2) is 0 Å². The molecule has 1 aromatic heterocycles. The van der Waals surface area contributed by atoms with Gasteiger partial charge >= 0.3 is 0 Å². The molecule has 4 rings (SSSR count). The van der Waals surface area contributed by atoms with Crippen molar-refractivity contribution in [2.45, 2.75) is 11.3 Å². The number of halogens is 1. The second-order valence-corrected chi connectivity index (χ2v) is 8.70. The number of carbonyl (C=O) groups is 1. The van der Waals surface area contributed by atoms with Crippen molar-refractivity contribution in [3.05, 3.63) is 36.7 Å². The summed E-state index contributed by atoms with van der Waals surface area (Å²) in [4.78, 5) is 18.6. The molecule has 146 valence electrons. The maximum Gasteiger partial charge on any atom is 0.243 e. The van der Waals surface area contributed by atoms with E-state index in [9.17, 15) is 13.2 Å². The van der Waals surface area contributed by atoms with Gasteiger partial charge < -0.3 is 10.2 Å². The van der Waals surface area contributed by atoms with Gasteiger partial charge in [-0.1, -0.05) is 12.1 Å². The van der Waals surface area contributed by atoms with Gasteiger partial charge in [-0.15, -0.1) is 12.4 Å². The number of carbonyl (C=O) groups excluding carboxylic acids is 1. The molecule has 27 heavy (non-hydrogen) atoms. The lowest BCUT2D eigenvalue weighted by molar-refractivity contribution is -0.136. The normalized spacial score (nSPS) is 19.2. The lowest BCUT2D eigenvalue weighted by Crippen LogP contribution is -2.52. The Morgan fingerprint density at radius 3 is 2.67 bits per heavy atom. The van der Waals surface area contributed by atoms with E-state index in [1.54, 1.807) is 30.6 Å². The highest BCUT2D eigenvalue weighted by atomic mass is 35.5. The number of fused-ring (bicyclic) bond motifs is 1. The molecule has 0 aliphatic carbocycles. The highest BCUT2D eigenvalue weighted by Crippen LogP contribution is 2.26. The Labute approximate surface area is 165 Å². The lowest BCUT2D eigenvalue weighted by atomic mass is 10.0. The van der Waals surface area contributed by atoms with Gasteiger partial charge in [-0.2, -0.15) is 4.31 Å². The molecule has 0 radical (unpaired) electrons. The first kappa shape index (κ1) is 20.0. The molecular weight excluding hydrogens is 388 g/mol. The van der Waals surface area contributed by atoms with Crippen LogP contribution in [0.5, 0.6) is 0 Å². The van der Waals surface area contributed by atoms with Crippen LogP contribution in [0.2, 0.25) is 0 Å². The smallest absolute Gasteiger partial charge is 0.243 e. The minimum Gasteiger partial charge on any atom is -0.341 e. The van der Waals surface area contributed by atoms with Gasteiger partial charge in [0.1, 0.15) is 0 Å². The quantitative estimate of drug-likeness (QED) is 0.819. The molecule has 2 aromatic rings. The molecule has 0 bridgehead atoms. The van der Waals surface area contributed by atoms with Crippen molar-refractivity contribution < 1.29 is 13.2 Å². The average Bonchev–Trinajstić information content (AvgIpc) is 2.86. The summed E-state index contributed by atoms with van der Waals surface area (Å²) >= 11 is 0. The fourth-order valence-electron chi connectivity index (χ4n) is 3.53. The zero-order valence-corrected chi connectivity index (χ0v) is 16.5. The first-order chi connectivity index (χ1) is 12.6. The third-order valence-electron chi connectivity index (χ3n) is 5.16. The van der Waals surface area contributed by atoms with E-state index in [-0.39, 0.29) is 24.2 Å². The number of pyridine rings is 1. The van der Waals surface area contributed by atoms with E-state index in [1.165, 1.54) is 4.31 Å². The van der Waals surface area contributed by atoms with Crippen molar-refractivity contribution in [1.82, 2.24) is 19.5 Å². The summed E-state index contributed by atoms with van der Waals surface area (Å²) < 4.78 is 28.0. The van der Waals surface area contributed by atoms with Crippen LogP contribution in [-0.2, 0) is 14.8 Å².